The number of sulfone groups is 1. The van der Waals surface area contributed by atoms with E-state index in [0.29, 0.717) is 4.90 Å². The molecular formula is C11H17NO2S2. The first-order valence-electron chi connectivity index (χ1n) is 5.07. The molecule has 0 fully saturated rings. The quantitative estimate of drug-likeness (QED) is 0.796. The van der Waals surface area contributed by atoms with Gasteiger partial charge in [-0.05, 0) is 36.6 Å². The van der Waals surface area contributed by atoms with Crippen LogP contribution in [0.3, 0.4) is 0 Å². The number of benzene rings is 1. The topological polar surface area (TPSA) is 46.2 Å². The smallest absolute Gasteiger partial charge is 0.175 e. The lowest BCUT2D eigenvalue weighted by Crippen LogP contribution is -2.04. The highest BCUT2D eigenvalue weighted by Crippen LogP contribution is 2.15. The number of anilines is 1. The van der Waals surface area contributed by atoms with E-state index in [9.17, 15) is 8.42 Å². The molecule has 0 spiro atoms. The second-order valence-electron chi connectivity index (χ2n) is 3.57. The monoisotopic (exact) mass is 259 g/mol. The van der Waals surface area contributed by atoms with Crippen molar-refractivity contribution in [2.45, 2.75) is 11.3 Å². The van der Waals surface area contributed by atoms with Crippen molar-refractivity contribution in [1.29, 1.82) is 0 Å². The fourth-order valence-corrected chi connectivity index (χ4v) is 2.39. The summed E-state index contributed by atoms with van der Waals surface area (Å²) in [7, 11) is -3.10. The third kappa shape index (κ3) is 4.45. The summed E-state index contributed by atoms with van der Waals surface area (Å²) in [5.41, 5.74) is 0.865. The van der Waals surface area contributed by atoms with Crippen LogP contribution >= 0.6 is 11.8 Å². The van der Waals surface area contributed by atoms with Crippen molar-refractivity contribution in [3.05, 3.63) is 24.3 Å². The minimum atomic E-state index is -3.10. The van der Waals surface area contributed by atoms with E-state index < -0.39 is 9.84 Å². The molecule has 0 aliphatic rings. The Labute approximate surface area is 102 Å². The molecule has 90 valence electrons. The maximum Gasteiger partial charge on any atom is 0.175 e. The van der Waals surface area contributed by atoms with Crippen molar-refractivity contribution < 1.29 is 8.42 Å². The van der Waals surface area contributed by atoms with Crippen molar-refractivity contribution in [1.82, 2.24) is 0 Å². The molecule has 0 unspecified atom stereocenters. The molecule has 3 nitrogen and oxygen atoms in total. The molecule has 0 aliphatic heterocycles. The second-order valence-corrected chi connectivity index (χ2v) is 6.57. The highest BCUT2D eigenvalue weighted by atomic mass is 32.2. The Morgan fingerprint density at radius 2 is 2.12 bits per heavy atom. The van der Waals surface area contributed by atoms with Gasteiger partial charge < -0.3 is 5.32 Å². The molecular weight excluding hydrogens is 242 g/mol. The van der Waals surface area contributed by atoms with Crippen molar-refractivity contribution in [2.24, 2.45) is 0 Å². The molecule has 0 aliphatic carbocycles. The van der Waals surface area contributed by atoms with Gasteiger partial charge in [0.25, 0.3) is 0 Å². The summed E-state index contributed by atoms with van der Waals surface area (Å²) in [5, 5.41) is 3.21. The first-order valence-corrected chi connectivity index (χ1v) is 8.35. The normalized spacial score (nSPS) is 11.4. The van der Waals surface area contributed by atoms with Crippen LogP contribution in [0.4, 0.5) is 5.69 Å². The third-order valence-corrected chi connectivity index (χ3v) is 3.92. The molecule has 0 atom stereocenters. The summed E-state index contributed by atoms with van der Waals surface area (Å²) in [5.74, 6) is 1.11. The summed E-state index contributed by atoms with van der Waals surface area (Å²) in [6.45, 7) is 0.869. The van der Waals surface area contributed by atoms with E-state index in [1.165, 1.54) is 6.26 Å². The zero-order valence-corrected chi connectivity index (χ0v) is 11.2. The van der Waals surface area contributed by atoms with Gasteiger partial charge in [0.15, 0.2) is 9.84 Å². The van der Waals surface area contributed by atoms with E-state index in [4.69, 9.17) is 0 Å². The van der Waals surface area contributed by atoms with Crippen LogP contribution in [0.2, 0.25) is 0 Å². The lowest BCUT2D eigenvalue weighted by Gasteiger charge is -2.07. The van der Waals surface area contributed by atoms with Gasteiger partial charge in [0.05, 0.1) is 4.90 Å². The largest absolute Gasteiger partial charge is 0.385 e. The molecule has 1 N–H and O–H groups in total. The van der Waals surface area contributed by atoms with Crippen LogP contribution in [0.15, 0.2) is 29.2 Å². The Hall–Kier alpha value is -0.680. The van der Waals surface area contributed by atoms with Gasteiger partial charge in [0, 0.05) is 18.5 Å². The Balaban J connectivity index is 2.62. The number of thioether (sulfide) groups is 1. The molecule has 0 bridgehead atoms. The summed E-state index contributed by atoms with van der Waals surface area (Å²) in [6, 6.07) is 6.93. The van der Waals surface area contributed by atoms with Gasteiger partial charge in [-0.25, -0.2) is 8.42 Å². The Kier molecular flexibility index (Phi) is 5.15. The van der Waals surface area contributed by atoms with Gasteiger partial charge in [0.1, 0.15) is 0 Å². The molecule has 0 saturated heterocycles. The summed E-state index contributed by atoms with van der Waals surface area (Å²) in [4.78, 5) is 0.363. The lowest BCUT2D eigenvalue weighted by molar-refractivity contribution is 0.602. The van der Waals surface area contributed by atoms with Crippen LogP contribution in [-0.2, 0) is 9.84 Å². The molecule has 1 aromatic carbocycles. The van der Waals surface area contributed by atoms with Crippen LogP contribution in [0, 0.1) is 0 Å². The Bertz CT molecular complexity index is 429. The summed E-state index contributed by atoms with van der Waals surface area (Å²) < 4.78 is 22.7. The molecule has 5 heteroatoms. The van der Waals surface area contributed by atoms with Crippen LogP contribution in [0.5, 0.6) is 0 Å². The van der Waals surface area contributed by atoms with E-state index in [2.05, 4.69) is 11.6 Å². The van der Waals surface area contributed by atoms with Crippen molar-refractivity contribution in [3.8, 4) is 0 Å². The van der Waals surface area contributed by atoms with Gasteiger partial charge in [0.2, 0.25) is 0 Å². The molecule has 16 heavy (non-hydrogen) atoms. The van der Waals surface area contributed by atoms with E-state index in [-0.39, 0.29) is 0 Å². The standard InChI is InChI=1S/C11H17NO2S2/c1-15-8-4-7-12-10-5-3-6-11(9-10)16(2,13)14/h3,5-6,9,12H,4,7-8H2,1-2H3. The fraction of sp³-hybridized carbons (Fsp3) is 0.455. The third-order valence-electron chi connectivity index (χ3n) is 2.12. The van der Waals surface area contributed by atoms with Crippen LogP contribution < -0.4 is 5.32 Å². The van der Waals surface area contributed by atoms with E-state index in [0.717, 1.165) is 24.4 Å². The summed E-state index contributed by atoms with van der Waals surface area (Å²) >= 11 is 1.81. The average molecular weight is 259 g/mol. The minimum Gasteiger partial charge on any atom is -0.385 e. The molecule has 1 aromatic rings. The number of hydrogen-bond acceptors (Lipinski definition) is 4. The van der Waals surface area contributed by atoms with Crippen molar-refractivity contribution in [2.75, 3.05) is 30.1 Å². The number of hydrogen-bond donors (Lipinski definition) is 1. The molecule has 1 rings (SSSR count). The highest BCUT2D eigenvalue weighted by Gasteiger charge is 2.06. The number of rotatable bonds is 6. The van der Waals surface area contributed by atoms with Crippen molar-refractivity contribution >= 4 is 27.3 Å². The zero-order chi connectivity index (χ0) is 12.0. The Morgan fingerprint density at radius 1 is 1.38 bits per heavy atom. The van der Waals surface area contributed by atoms with E-state index in [1.807, 2.05) is 17.8 Å². The SMILES string of the molecule is CSCCCNc1cccc(S(C)(=O)=O)c1. The van der Waals surface area contributed by atoms with Gasteiger partial charge in [-0.3, -0.25) is 0 Å². The molecule has 0 amide bonds. The highest BCUT2D eigenvalue weighted by molar-refractivity contribution is 7.98. The first-order chi connectivity index (χ1) is 7.54. The van der Waals surface area contributed by atoms with Crippen LogP contribution in [0.1, 0.15) is 6.42 Å². The second kappa shape index (κ2) is 6.15. The maximum absolute atomic E-state index is 11.3. The van der Waals surface area contributed by atoms with Crippen LogP contribution in [-0.4, -0.2) is 33.2 Å². The van der Waals surface area contributed by atoms with Gasteiger partial charge in [-0.15, -0.1) is 0 Å². The van der Waals surface area contributed by atoms with Crippen LogP contribution in [0.25, 0.3) is 0 Å². The van der Waals surface area contributed by atoms with Crippen molar-refractivity contribution in [3.63, 3.8) is 0 Å². The fourth-order valence-electron chi connectivity index (χ4n) is 1.29. The average Bonchev–Trinajstić information content (AvgIpc) is 2.24. The predicted octanol–water partition coefficient (Wildman–Crippen LogP) is 2.26. The molecule has 0 aromatic heterocycles. The zero-order valence-electron chi connectivity index (χ0n) is 9.56. The molecule has 0 saturated carbocycles. The maximum atomic E-state index is 11.3. The first kappa shape index (κ1) is 13.4. The Morgan fingerprint density at radius 3 is 2.75 bits per heavy atom. The van der Waals surface area contributed by atoms with Gasteiger partial charge >= 0.3 is 0 Å². The van der Waals surface area contributed by atoms with Gasteiger partial charge in [-0.1, -0.05) is 6.07 Å². The van der Waals surface area contributed by atoms with E-state index >= 15 is 0 Å². The summed E-state index contributed by atoms with van der Waals surface area (Å²) in [6.07, 6.45) is 4.37. The molecule has 0 heterocycles. The molecule has 0 radical (unpaired) electrons. The predicted molar refractivity (Wildman–Crippen MR) is 71.0 cm³/mol. The minimum absolute atomic E-state index is 0.363. The number of nitrogens with one attached hydrogen (secondary N) is 1. The van der Waals surface area contributed by atoms with Gasteiger partial charge in [-0.2, -0.15) is 11.8 Å². The lowest BCUT2D eigenvalue weighted by atomic mass is 10.3. The van der Waals surface area contributed by atoms with E-state index in [1.54, 1.807) is 18.2 Å².